The third-order valence-electron chi connectivity index (χ3n) is 4.81. The number of carbonyl (C=O) groups is 1. The number of carbonyl (C=O) groups excluding carboxylic acids is 1. The number of aromatic nitrogens is 2. The van der Waals surface area contributed by atoms with E-state index in [0.29, 0.717) is 11.3 Å². The van der Waals surface area contributed by atoms with E-state index in [2.05, 4.69) is 42.2 Å². The van der Waals surface area contributed by atoms with Crippen LogP contribution in [0.1, 0.15) is 29.0 Å². The molecule has 0 saturated carbocycles. The number of nitrogens with one attached hydrogen (secondary N) is 1. The van der Waals surface area contributed by atoms with Crippen molar-refractivity contribution in [1.82, 2.24) is 15.3 Å². The molecule has 1 fully saturated rings. The molecule has 1 N–H and O–H groups in total. The number of hydrogen-bond donors (Lipinski definition) is 1. The highest BCUT2D eigenvalue weighted by Crippen LogP contribution is 2.28. The van der Waals surface area contributed by atoms with Gasteiger partial charge in [-0.2, -0.15) is 0 Å². The highest BCUT2D eigenvalue weighted by atomic mass is 79.9. The van der Waals surface area contributed by atoms with Crippen LogP contribution >= 0.6 is 15.9 Å². The molecule has 3 heterocycles. The molecule has 0 unspecified atom stereocenters. The SMILES string of the molecule is Cc1occc1C(=O)NC1CCN(c2ncnc3ccc(Br)cc23)CC1. The van der Waals surface area contributed by atoms with Crippen molar-refractivity contribution in [3.63, 3.8) is 0 Å². The minimum atomic E-state index is -0.0638. The van der Waals surface area contributed by atoms with Gasteiger partial charge >= 0.3 is 0 Å². The first-order valence-corrected chi connectivity index (χ1v) is 9.41. The number of aryl methyl sites for hydroxylation is 1. The second-order valence-corrected chi connectivity index (χ2v) is 7.40. The van der Waals surface area contributed by atoms with E-state index in [9.17, 15) is 4.79 Å². The molecule has 1 amide bonds. The van der Waals surface area contributed by atoms with Crippen LogP contribution in [0, 0.1) is 6.92 Å². The molecule has 1 saturated heterocycles. The Morgan fingerprint density at radius 3 is 2.81 bits per heavy atom. The molecular weight excluding hydrogens is 396 g/mol. The van der Waals surface area contributed by atoms with Crippen molar-refractivity contribution < 1.29 is 9.21 Å². The maximum absolute atomic E-state index is 12.3. The quantitative estimate of drug-likeness (QED) is 0.707. The first kappa shape index (κ1) is 17.0. The van der Waals surface area contributed by atoms with E-state index in [4.69, 9.17) is 4.42 Å². The molecule has 6 nitrogen and oxygen atoms in total. The fourth-order valence-electron chi connectivity index (χ4n) is 3.39. The zero-order valence-electron chi connectivity index (χ0n) is 14.4. The number of nitrogens with zero attached hydrogens (tertiary/aromatic N) is 3. The lowest BCUT2D eigenvalue weighted by Crippen LogP contribution is -2.45. The molecule has 0 aliphatic carbocycles. The molecule has 134 valence electrons. The lowest BCUT2D eigenvalue weighted by atomic mass is 10.0. The van der Waals surface area contributed by atoms with Crippen LogP contribution in [0.25, 0.3) is 10.9 Å². The van der Waals surface area contributed by atoms with Crippen molar-refractivity contribution in [2.45, 2.75) is 25.8 Å². The Hall–Kier alpha value is -2.41. The summed E-state index contributed by atoms with van der Waals surface area (Å²) in [6.07, 6.45) is 4.91. The van der Waals surface area contributed by atoms with Gasteiger partial charge in [0.2, 0.25) is 0 Å². The van der Waals surface area contributed by atoms with Gasteiger partial charge in [0.05, 0.1) is 17.3 Å². The number of benzene rings is 1. The van der Waals surface area contributed by atoms with Crippen LogP contribution in [0.3, 0.4) is 0 Å². The van der Waals surface area contributed by atoms with E-state index in [1.807, 2.05) is 12.1 Å². The zero-order valence-corrected chi connectivity index (χ0v) is 16.0. The fourth-order valence-corrected chi connectivity index (χ4v) is 3.75. The Morgan fingerprint density at radius 1 is 1.27 bits per heavy atom. The molecule has 1 aliphatic rings. The minimum Gasteiger partial charge on any atom is -0.469 e. The molecule has 0 spiro atoms. The number of anilines is 1. The summed E-state index contributed by atoms with van der Waals surface area (Å²) in [5.41, 5.74) is 1.54. The number of fused-ring (bicyclic) bond motifs is 1. The van der Waals surface area contributed by atoms with Gasteiger partial charge in [-0.15, -0.1) is 0 Å². The van der Waals surface area contributed by atoms with Gasteiger partial charge in [0, 0.05) is 29.0 Å². The van der Waals surface area contributed by atoms with Crippen LogP contribution in [-0.4, -0.2) is 35.0 Å². The fraction of sp³-hybridized carbons (Fsp3) is 0.316. The van der Waals surface area contributed by atoms with E-state index in [1.165, 1.54) is 0 Å². The van der Waals surface area contributed by atoms with E-state index < -0.39 is 0 Å². The number of amides is 1. The third-order valence-corrected chi connectivity index (χ3v) is 5.30. The summed E-state index contributed by atoms with van der Waals surface area (Å²) >= 11 is 3.52. The highest BCUT2D eigenvalue weighted by Gasteiger charge is 2.24. The normalized spacial score (nSPS) is 15.4. The first-order chi connectivity index (χ1) is 12.6. The highest BCUT2D eigenvalue weighted by molar-refractivity contribution is 9.10. The van der Waals surface area contributed by atoms with E-state index in [0.717, 1.165) is 47.1 Å². The second kappa shape index (κ2) is 7.07. The molecule has 0 bridgehead atoms. The molecule has 4 rings (SSSR count). The van der Waals surface area contributed by atoms with Crippen LogP contribution < -0.4 is 10.2 Å². The Morgan fingerprint density at radius 2 is 2.08 bits per heavy atom. The molecule has 7 heteroatoms. The van der Waals surface area contributed by atoms with Gasteiger partial charge < -0.3 is 14.6 Å². The van der Waals surface area contributed by atoms with Crippen LogP contribution in [0.2, 0.25) is 0 Å². The van der Waals surface area contributed by atoms with Crippen LogP contribution in [0.15, 0.2) is 45.7 Å². The summed E-state index contributed by atoms with van der Waals surface area (Å²) in [5, 5.41) is 4.15. The summed E-state index contributed by atoms with van der Waals surface area (Å²) in [6, 6.07) is 7.90. The van der Waals surface area contributed by atoms with Gasteiger partial charge in [0.1, 0.15) is 17.9 Å². The molecule has 1 aromatic carbocycles. The second-order valence-electron chi connectivity index (χ2n) is 6.48. The van der Waals surface area contributed by atoms with Crippen molar-refractivity contribution in [2.24, 2.45) is 0 Å². The smallest absolute Gasteiger partial charge is 0.255 e. The maximum atomic E-state index is 12.3. The molecule has 3 aromatic rings. The van der Waals surface area contributed by atoms with E-state index in [1.54, 1.807) is 25.6 Å². The number of piperidine rings is 1. The standard InChI is InChI=1S/C19H19BrN4O2/c1-12-15(6-9-26-12)19(25)23-14-4-7-24(8-5-14)18-16-10-13(20)2-3-17(16)21-11-22-18/h2-3,6,9-11,14H,4-5,7-8H2,1H3,(H,23,25). The Labute approximate surface area is 159 Å². The van der Waals surface area contributed by atoms with Gasteiger partial charge in [0.15, 0.2) is 0 Å². The minimum absolute atomic E-state index is 0.0638. The summed E-state index contributed by atoms with van der Waals surface area (Å²) in [4.78, 5) is 23.5. The van der Waals surface area contributed by atoms with Crippen LogP contribution in [-0.2, 0) is 0 Å². The monoisotopic (exact) mass is 414 g/mol. The molecule has 0 atom stereocenters. The number of furan rings is 1. The number of rotatable bonds is 3. The van der Waals surface area contributed by atoms with Gasteiger partial charge in [0.25, 0.3) is 5.91 Å². The Bertz CT molecular complexity index is 948. The largest absolute Gasteiger partial charge is 0.469 e. The van der Waals surface area contributed by atoms with Gasteiger partial charge in [-0.05, 0) is 44.0 Å². The van der Waals surface area contributed by atoms with E-state index in [-0.39, 0.29) is 11.9 Å². The zero-order chi connectivity index (χ0) is 18.1. The van der Waals surface area contributed by atoms with Crippen molar-refractivity contribution in [3.05, 3.63) is 52.7 Å². The predicted molar refractivity (Wildman–Crippen MR) is 103 cm³/mol. The van der Waals surface area contributed by atoms with Gasteiger partial charge in [-0.25, -0.2) is 9.97 Å². The van der Waals surface area contributed by atoms with E-state index >= 15 is 0 Å². The van der Waals surface area contributed by atoms with Gasteiger partial charge in [-0.1, -0.05) is 15.9 Å². The van der Waals surface area contributed by atoms with Crippen LogP contribution in [0.4, 0.5) is 5.82 Å². The summed E-state index contributed by atoms with van der Waals surface area (Å²) in [6.45, 7) is 3.48. The summed E-state index contributed by atoms with van der Waals surface area (Å²) < 4.78 is 6.23. The number of halogens is 1. The Balaban J connectivity index is 1.45. The predicted octanol–water partition coefficient (Wildman–Crippen LogP) is 3.69. The average Bonchev–Trinajstić information content (AvgIpc) is 3.08. The first-order valence-electron chi connectivity index (χ1n) is 8.62. The topological polar surface area (TPSA) is 71.3 Å². The van der Waals surface area contributed by atoms with Gasteiger partial charge in [-0.3, -0.25) is 4.79 Å². The van der Waals surface area contributed by atoms with Crippen molar-refractivity contribution >= 4 is 38.6 Å². The lowest BCUT2D eigenvalue weighted by Gasteiger charge is -2.33. The molecule has 26 heavy (non-hydrogen) atoms. The molecule has 2 aromatic heterocycles. The third kappa shape index (κ3) is 3.31. The van der Waals surface area contributed by atoms with Crippen molar-refractivity contribution in [3.8, 4) is 0 Å². The number of hydrogen-bond acceptors (Lipinski definition) is 5. The summed E-state index contributed by atoms with van der Waals surface area (Å²) in [5.74, 6) is 1.54. The molecule has 1 aliphatic heterocycles. The lowest BCUT2D eigenvalue weighted by molar-refractivity contribution is 0.0929. The molecular formula is C19H19BrN4O2. The molecule has 0 radical (unpaired) electrons. The van der Waals surface area contributed by atoms with Crippen LogP contribution in [0.5, 0.6) is 0 Å². The van der Waals surface area contributed by atoms with Crippen molar-refractivity contribution in [1.29, 1.82) is 0 Å². The van der Waals surface area contributed by atoms with Crippen molar-refractivity contribution in [2.75, 3.05) is 18.0 Å². The Kier molecular flexibility index (Phi) is 4.63. The average molecular weight is 415 g/mol. The maximum Gasteiger partial charge on any atom is 0.255 e. The summed E-state index contributed by atoms with van der Waals surface area (Å²) in [7, 11) is 0.